The second-order valence-corrected chi connectivity index (χ2v) is 8.58. The van der Waals surface area contributed by atoms with Crippen molar-refractivity contribution in [3.63, 3.8) is 0 Å². The number of aryl methyl sites for hydroxylation is 1. The number of nitrogens with two attached hydrogens (primary N) is 1. The molecule has 0 saturated heterocycles. The minimum Gasteiger partial charge on any atom is -0.375 e. The van der Waals surface area contributed by atoms with Crippen LogP contribution in [-0.2, 0) is 6.54 Å². The average molecular weight is 496 g/mol. The van der Waals surface area contributed by atoms with Crippen LogP contribution in [0.25, 0.3) is 33.5 Å². The van der Waals surface area contributed by atoms with Crippen LogP contribution in [0.5, 0.6) is 0 Å². The molecule has 0 aliphatic heterocycles. The van der Waals surface area contributed by atoms with Gasteiger partial charge in [-0.1, -0.05) is 24.3 Å². The van der Waals surface area contributed by atoms with E-state index in [0.29, 0.717) is 42.4 Å². The second kappa shape index (κ2) is 10.5. The normalized spacial score (nSPS) is 11.0. The lowest BCUT2D eigenvalue weighted by molar-refractivity contribution is 0.0954. The summed E-state index contributed by atoms with van der Waals surface area (Å²) in [6, 6.07) is 19.9. The van der Waals surface area contributed by atoms with E-state index in [0.717, 1.165) is 33.5 Å². The molecule has 5 N–H and O–H groups in total. The first-order valence-electron chi connectivity index (χ1n) is 11.9. The third kappa shape index (κ3) is 5.31. The molecule has 0 spiro atoms. The van der Waals surface area contributed by atoms with Crippen LogP contribution >= 0.6 is 0 Å². The van der Waals surface area contributed by atoms with Gasteiger partial charge in [0.1, 0.15) is 17.3 Å². The lowest BCUT2D eigenvalue weighted by Gasteiger charge is -2.07. The summed E-state index contributed by atoms with van der Waals surface area (Å²) in [6.07, 6.45) is 1.55. The van der Waals surface area contributed by atoms with Gasteiger partial charge in [0.25, 0.3) is 5.91 Å². The number of hydrogen-bond acceptors (Lipinski definition) is 6. The highest BCUT2D eigenvalue weighted by Crippen LogP contribution is 2.31. The summed E-state index contributed by atoms with van der Waals surface area (Å²) in [5, 5.41) is 6.67. The molecule has 0 bridgehead atoms. The van der Waals surface area contributed by atoms with E-state index >= 15 is 0 Å². The Morgan fingerprint density at radius 2 is 1.92 bits per heavy atom. The second-order valence-electron chi connectivity index (χ2n) is 8.58. The number of nitrogens with one attached hydrogen (secondary N) is 3. The largest absolute Gasteiger partial charge is 0.375 e. The van der Waals surface area contributed by atoms with Gasteiger partial charge in [0.15, 0.2) is 0 Å². The van der Waals surface area contributed by atoms with Gasteiger partial charge in [0, 0.05) is 35.9 Å². The Kier molecular flexibility index (Phi) is 6.87. The number of imidazole rings is 1. The first kappa shape index (κ1) is 24.1. The summed E-state index contributed by atoms with van der Waals surface area (Å²) in [4.78, 5) is 29.7. The number of fused-ring (bicyclic) bond motifs is 1. The number of anilines is 1. The molecule has 0 saturated carbocycles. The molecule has 0 unspecified atom stereocenters. The van der Waals surface area contributed by atoms with Crippen LogP contribution in [0.1, 0.15) is 21.9 Å². The molecule has 0 radical (unpaired) electrons. The number of hydrogen-bond donors (Lipinski definition) is 4. The number of aromatic amines is 1. The number of H-pyrrole nitrogens is 1. The van der Waals surface area contributed by atoms with Crippen molar-refractivity contribution in [2.24, 2.45) is 5.73 Å². The summed E-state index contributed by atoms with van der Waals surface area (Å²) in [5.74, 6) is 0.0748. The van der Waals surface area contributed by atoms with Gasteiger partial charge in [-0.3, -0.25) is 14.8 Å². The predicted molar refractivity (Wildman–Crippen MR) is 142 cm³/mol. The maximum absolute atomic E-state index is 14.1. The summed E-state index contributed by atoms with van der Waals surface area (Å²) in [7, 11) is 0. The molecule has 186 valence electrons. The van der Waals surface area contributed by atoms with Crippen molar-refractivity contribution in [2.75, 3.05) is 18.4 Å². The molecule has 0 aliphatic carbocycles. The van der Waals surface area contributed by atoms with E-state index in [2.05, 4.69) is 25.6 Å². The van der Waals surface area contributed by atoms with Crippen LogP contribution in [-0.4, -0.2) is 38.9 Å². The number of benzene rings is 2. The van der Waals surface area contributed by atoms with Crippen molar-refractivity contribution >= 4 is 22.5 Å². The van der Waals surface area contributed by atoms with E-state index in [4.69, 9.17) is 10.7 Å². The SMILES string of the molecule is Cc1cccc(-c2nc(CNc3ccccc3F)[nH]c2-c2ccc3ncc(C(=O)NCCN)cc3c2)n1. The fourth-order valence-electron chi connectivity index (χ4n) is 4.06. The van der Waals surface area contributed by atoms with Crippen LogP contribution in [0.3, 0.4) is 0 Å². The lowest BCUT2D eigenvalue weighted by atomic mass is 10.0. The first-order valence-corrected chi connectivity index (χ1v) is 11.9. The smallest absolute Gasteiger partial charge is 0.252 e. The fourth-order valence-corrected chi connectivity index (χ4v) is 4.06. The molecule has 37 heavy (non-hydrogen) atoms. The van der Waals surface area contributed by atoms with Crippen LogP contribution in [0.15, 0.2) is 72.9 Å². The van der Waals surface area contributed by atoms with Crippen molar-refractivity contribution in [1.82, 2.24) is 25.3 Å². The van der Waals surface area contributed by atoms with Gasteiger partial charge >= 0.3 is 0 Å². The number of amides is 1. The Labute approximate surface area is 213 Å². The quantitative estimate of drug-likeness (QED) is 0.253. The number of halogens is 1. The highest BCUT2D eigenvalue weighted by molar-refractivity contribution is 5.98. The first-order chi connectivity index (χ1) is 18.0. The molecule has 3 aromatic heterocycles. The molecule has 8 nitrogen and oxygen atoms in total. The molecule has 0 aliphatic rings. The van der Waals surface area contributed by atoms with Crippen molar-refractivity contribution in [2.45, 2.75) is 13.5 Å². The molecule has 5 rings (SSSR count). The van der Waals surface area contributed by atoms with E-state index < -0.39 is 0 Å². The van der Waals surface area contributed by atoms with Crippen LogP contribution in [0, 0.1) is 12.7 Å². The van der Waals surface area contributed by atoms with E-state index in [1.165, 1.54) is 6.07 Å². The maximum Gasteiger partial charge on any atom is 0.252 e. The summed E-state index contributed by atoms with van der Waals surface area (Å²) >= 11 is 0. The number of aromatic nitrogens is 4. The molecular formula is C28H26FN7O. The minimum atomic E-state index is -0.330. The summed E-state index contributed by atoms with van der Waals surface area (Å²) < 4.78 is 14.1. The third-order valence-corrected chi connectivity index (χ3v) is 5.87. The van der Waals surface area contributed by atoms with E-state index in [9.17, 15) is 9.18 Å². The summed E-state index contributed by atoms with van der Waals surface area (Å²) in [6.45, 7) is 2.97. The number of rotatable bonds is 8. The van der Waals surface area contributed by atoms with Crippen LogP contribution in [0.2, 0.25) is 0 Å². The number of pyridine rings is 2. The molecule has 0 atom stereocenters. The molecule has 9 heteroatoms. The monoisotopic (exact) mass is 495 g/mol. The minimum absolute atomic E-state index is 0.224. The van der Waals surface area contributed by atoms with E-state index in [-0.39, 0.29) is 11.7 Å². The van der Waals surface area contributed by atoms with Crippen molar-refractivity contribution in [3.05, 3.63) is 95.8 Å². The zero-order valence-electron chi connectivity index (χ0n) is 20.3. The maximum atomic E-state index is 14.1. The molecule has 0 fully saturated rings. The highest BCUT2D eigenvalue weighted by atomic mass is 19.1. The Balaban J connectivity index is 1.54. The van der Waals surface area contributed by atoms with Gasteiger partial charge in [-0.15, -0.1) is 0 Å². The van der Waals surface area contributed by atoms with Gasteiger partial charge in [0.05, 0.1) is 34.7 Å². The molecule has 1 amide bonds. The fraction of sp³-hybridized carbons (Fsp3) is 0.143. The molecular weight excluding hydrogens is 469 g/mol. The third-order valence-electron chi connectivity index (χ3n) is 5.87. The van der Waals surface area contributed by atoms with Gasteiger partial charge in [-0.2, -0.15) is 0 Å². The Morgan fingerprint density at radius 1 is 1.05 bits per heavy atom. The van der Waals surface area contributed by atoms with Crippen LogP contribution in [0.4, 0.5) is 10.1 Å². The Hall–Kier alpha value is -4.63. The molecule has 2 aromatic carbocycles. The van der Waals surface area contributed by atoms with Gasteiger partial charge in [-0.05, 0) is 49.4 Å². The van der Waals surface area contributed by atoms with Gasteiger partial charge in [0.2, 0.25) is 0 Å². The zero-order chi connectivity index (χ0) is 25.8. The van der Waals surface area contributed by atoms with E-state index in [1.54, 1.807) is 30.5 Å². The Bertz CT molecular complexity index is 1580. The van der Waals surface area contributed by atoms with Crippen molar-refractivity contribution < 1.29 is 9.18 Å². The van der Waals surface area contributed by atoms with Crippen molar-refractivity contribution in [3.8, 4) is 22.6 Å². The lowest BCUT2D eigenvalue weighted by Crippen LogP contribution is -2.29. The van der Waals surface area contributed by atoms with E-state index in [1.807, 2.05) is 43.3 Å². The zero-order valence-corrected chi connectivity index (χ0v) is 20.3. The highest BCUT2D eigenvalue weighted by Gasteiger charge is 2.17. The predicted octanol–water partition coefficient (Wildman–Crippen LogP) is 4.44. The number of para-hydroxylation sites is 1. The van der Waals surface area contributed by atoms with Gasteiger partial charge in [-0.25, -0.2) is 9.37 Å². The topological polar surface area (TPSA) is 122 Å². The number of carbonyl (C=O) groups is 1. The number of nitrogens with zero attached hydrogens (tertiary/aromatic N) is 3. The average Bonchev–Trinajstić information content (AvgIpc) is 3.35. The van der Waals surface area contributed by atoms with Crippen LogP contribution < -0.4 is 16.4 Å². The standard InChI is InChI=1S/C28H26FN7O/c1-17-5-4-8-24(34-17)27-26(35-25(36-27)16-33-23-7-3-2-6-21(23)29)18-9-10-22-19(13-18)14-20(15-32-22)28(37)31-12-11-30/h2-10,13-15,33H,11-12,16,30H2,1H3,(H,31,37)(H,35,36). The Morgan fingerprint density at radius 3 is 2.73 bits per heavy atom. The molecule has 3 heterocycles. The number of carbonyl (C=O) groups excluding carboxylic acids is 1. The van der Waals surface area contributed by atoms with Crippen molar-refractivity contribution in [1.29, 1.82) is 0 Å². The van der Waals surface area contributed by atoms with Gasteiger partial charge < -0.3 is 21.4 Å². The summed E-state index contributed by atoms with van der Waals surface area (Å²) in [5.41, 5.74) is 11.0. The molecule has 5 aromatic rings.